The van der Waals surface area contributed by atoms with Crippen LogP contribution in [0, 0.1) is 6.92 Å². The summed E-state index contributed by atoms with van der Waals surface area (Å²) in [5.74, 6) is 0.874. The smallest absolute Gasteiger partial charge is 0.126 e. The SMILES string of the molecule is C=Cc1ccc(-c2ccc(C)s2)cc1OC. The molecule has 2 aromatic rings. The Bertz CT molecular complexity index is 511. The Labute approximate surface area is 100 Å². The molecule has 1 nitrogen and oxygen atoms in total. The van der Waals surface area contributed by atoms with E-state index in [9.17, 15) is 0 Å². The average molecular weight is 230 g/mol. The maximum atomic E-state index is 5.34. The summed E-state index contributed by atoms with van der Waals surface area (Å²) in [5, 5.41) is 0. The molecule has 0 fully saturated rings. The van der Waals surface area contributed by atoms with Crippen molar-refractivity contribution in [3.8, 4) is 16.2 Å². The highest BCUT2D eigenvalue weighted by atomic mass is 32.1. The summed E-state index contributed by atoms with van der Waals surface area (Å²) in [4.78, 5) is 2.59. The predicted octanol–water partition coefficient (Wildman–Crippen LogP) is 4.38. The quantitative estimate of drug-likeness (QED) is 0.760. The lowest BCUT2D eigenvalue weighted by molar-refractivity contribution is 0.414. The summed E-state index contributed by atoms with van der Waals surface area (Å²) in [7, 11) is 1.69. The van der Waals surface area contributed by atoms with Gasteiger partial charge in [0.05, 0.1) is 7.11 Å². The normalized spacial score (nSPS) is 10.1. The molecular formula is C14H14OS. The fourth-order valence-electron chi connectivity index (χ4n) is 1.62. The van der Waals surface area contributed by atoms with Crippen molar-refractivity contribution >= 4 is 17.4 Å². The lowest BCUT2D eigenvalue weighted by Crippen LogP contribution is -1.87. The number of benzene rings is 1. The van der Waals surface area contributed by atoms with Crippen LogP contribution in [0.3, 0.4) is 0 Å². The molecule has 2 heteroatoms. The molecule has 16 heavy (non-hydrogen) atoms. The summed E-state index contributed by atoms with van der Waals surface area (Å²) in [6, 6.07) is 10.5. The standard InChI is InChI=1S/C14H14OS/c1-4-11-6-7-12(9-13(11)15-3)14-8-5-10(2)16-14/h4-9H,1H2,2-3H3. The number of ether oxygens (including phenoxy) is 1. The number of thiophene rings is 1. The van der Waals surface area contributed by atoms with Gasteiger partial charge < -0.3 is 4.74 Å². The molecule has 0 aliphatic rings. The van der Waals surface area contributed by atoms with Gasteiger partial charge in [-0.15, -0.1) is 11.3 Å². The predicted molar refractivity (Wildman–Crippen MR) is 71.1 cm³/mol. The van der Waals surface area contributed by atoms with Crippen molar-refractivity contribution in [3.05, 3.63) is 47.4 Å². The summed E-state index contributed by atoms with van der Waals surface area (Å²) >= 11 is 1.79. The summed E-state index contributed by atoms with van der Waals surface area (Å²) in [6.07, 6.45) is 1.81. The maximum Gasteiger partial charge on any atom is 0.126 e. The number of methoxy groups -OCH3 is 1. The van der Waals surface area contributed by atoms with Gasteiger partial charge in [0.2, 0.25) is 0 Å². The minimum atomic E-state index is 0.874. The molecule has 1 aromatic carbocycles. The van der Waals surface area contributed by atoms with E-state index in [0.29, 0.717) is 0 Å². The molecule has 0 spiro atoms. The summed E-state index contributed by atoms with van der Waals surface area (Å²) < 4.78 is 5.34. The van der Waals surface area contributed by atoms with Crippen LogP contribution in [-0.2, 0) is 0 Å². The third-order valence-electron chi connectivity index (χ3n) is 2.48. The number of rotatable bonds is 3. The van der Waals surface area contributed by atoms with Crippen molar-refractivity contribution < 1.29 is 4.74 Å². The fourth-order valence-corrected chi connectivity index (χ4v) is 2.49. The second kappa shape index (κ2) is 4.54. The topological polar surface area (TPSA) is 9.23 Å². The first-order chi connectivity index (χ1) is 7.74. The van der Waals surface area contributed by atoms with Crippen molar-refractivity contribution in [2.45, 2.75) is 6.92 Å². The van der Waals surface area contributed by atoms with Gasteiger partial charge in [-0.25, -0.2) is 0 Å². The van der Waals surface area contributed by atoms with Crippen molar-refractivity contribution in [1.29, 1.82) is 0 Å². The van der Waals surface area contributed by atoms with Gasteiger partial charge in [-0.3, -0.25) is 0 Å². The van der Waals surface area contributed by atoms with E-state index in [0.717, 1.165) is 11.3 Å². The molecule has 0 saturated heterocycles. The van der Waals surface area contributed by atoms with Crippen LogP contribution in [0.2, 0.25) is 0 Å². The Kier molecular flexibility index (Phi) is 3.11. The monoisotopic (exact) mass is 230 g/mol. The zero-order valence-corrected chi connectivity index (χ0v) is 10.3. The molecule has 1 heterocycles. The van der Waals surface area contributed by atoms with Crippen LogP contribution in [0.4, 0.5) is 0 Å². The number of hydrogen-bond acceptors (Lipinski definition) is 2. The lowest BCUT2D eigenvalue weighted by Gasteiger charge is -2.06. The van der Waals surface area contributed by atoms with Crippen LogP contribution >= 0.6 is 11.3 Å². The van der Waals surface area contributed by atoms with Gasteiger partial charge in [0.1, 0.15) is 5.75 Å². The minimum Gasteiger partial charge on any atom is -0.496 e. The van der Waals surface area contributed by atoms with Gasteiger partial charge in [0.25, 0.3) is 0 Å². The molecule has 0 N–H and O–H groups in total. The first kappa shape index (κ1) is 11.0. The maximum absolute atomic E-state index is 5.34. The van der Waals surface area contributed by atoms with Crippen molar-refractivity contribution in [2.75, 3.05) is 7.11 Å². The van der Waals surface area contributed by atoms with E-state index in [1.807, 2.05) is 12.1 Å². The second-order valence-electron chi connectivity index (χ2n) is 3.57. The van der Waals surface area contributed by atoms with Gasteiger partial charge in [-0.05, 0) is 30.7 Å². The summed E-state index contributed by atoms with van der Waals surface area (Å²) in [6.45, 7) is 5.88. The Hall–Kier alpha value is -1.54. The molecule has 2 rings (SSSR count). The number of hydrogen-bond donors (Lipinski definition) is 0. The Morgan fingerprint density at radius 1 is 1.25 bits per heavy atom. The molecule has 0 unspecified atom stereocenters. The zero-order valence-electron chi connectivity index (χ0n) is 9.49. The van der Waals surface area contributed by atoms with Gasteiger partial charge in [0, 0.05) is 15.3 Å². The highest BCUT2D eigenvalue weighted by Crippen LogP contribution is 2.32. The molecule has 0 aliphatic carbocycles. The molecule has 0 bridgehead atoms. The largest absolute Gasteiger partial charge is 0.496 e. The van der Waals surface area contributed by atoms with E-state index >= 15 is 0 Å². The summed E-state index contributed by atoms with van der Waals surface area (Å²) in [5.41, 5.74) is 2.22. The zero-order chi connectivity index (χ0) is 11.5. The van der Waals surface area contributed by atoms with Gasteiger partial charge in [-0.1, -0.05) is 24.8 Å². The van der Waals surface area contributed by atoms with Crippen LogP contribution in [0.25, 0.3) is 16.5 Å². The first-order valence-electron chi connectivity index (χ1n) is 5.12. The minimum absolute atomic E-state index is 0.874. The molecule has 0 radical (unpaired) electrons. The van der Waals surface area contributed by atoms with E-state index in [-0.39, 0.29) is 0 Å². The van der Waals surface area contributed by atoms with E-state index in [4.69, 9.17) is 4.74 Å². The highest BCUT2D eigenvalue weighted by molar-refractivity contribution is 7.15. The Balaban J connectivity index is 2.47. The van der Waals surface area contributed by atoms with E-state index in [1.165, 1.54) is 15.3 Å². The Morgan fingerprint density at radius 2 is 2.06 bits per heavy atom. The molecule has 0 atom stereocenters. The van der Waals surface area contributed by atoms with Gasteiger partial charge in [-0.2, -0.15) is 0 Å². The van der Waals surface area contributed by atoms with Crippen LogP contribution in [0.15, 0.2) is 36.9 Å². The van der Waals surface area contributed by atoms with Crippen molar-refractivity contribution in [3.63, 3.8) is 0 Å². The molecule has 82 valence electrons. The van der Waals surface area contributed by atoms with E-state index in [1.54, 1.807) is 18.4 Å². The van der Waals surface area contributed by atoms with Crippen LogP contribution in [-0.4, -0.2) is 7.11 Å². The molecule has 0 amide bonds. The third kappa shape index (κ3) is 2.02. The Morgan fingerprint density at radius 3 is 2.62 bits per heavy atom. The lowest BCUT2D eigenvalue weighted by atomic mass is 10.1. The fraction of sp³-hybridized carbons (Fsp3) is 0.143. The van der Waals surface area contributed by atoms with Crippen LogP contribution in [0.5, 0.6) is 5.75 Å². The van der Waals surface area contributed by atoms with E-state index < -0.39 is 0 Å². The second-order valence-corrected chi connectivity index (χ2v) is 4.86. The van der Waals surface area contributed by atoms with Gasteiger partial charge in [0.15, 0.2) is 0 Å². The van der Waals surface area contributed by atoms with Gasteiger partial charge >= 0.3 is 0 Å². The third-order valence-corrected chi connectivity index (χ3v) is 3.53. The molecular weight excluding hydrogens is 216 g/mol. The molecule has 1 aromatic heterocycles. The number of aryl methyl sites for hydroxylation is 1. The van der Waals surface area contributed by atoms with Crippen molar-refractivity contribution in [2.24, 2.45) is 0 Å². The first-order valence-corrected chi connectivity index (χ1v) is 5.93. The highest BCUT2D eigenvalue weighted by Gasteiger charge is 2.05. The molecule has 0 aliphatic heterocycles. The van der Waals surface area contributed by atoms with E-state index in [2.05, 4.69) is 37.8 Å². The van der Waals surface area contributed by atoms with Crippen molar-refractivity contribution in [1.82, 2.24) is 0 Å². The van der Waals surface area contributed by atoms with Crippen LogP contribution in [0.1, 0.15) is 10.4 Å². The average Bonchev–Trinajstić information content (AvgIpc) is 2.75. The molecule has 0 saturated carbocycles. The van der Waals surface area contributed by atoms with Crippen LogP contribution < -0.4 is 4.74 Å².